The molecule has 0 aliphatic heterocycles. The van der Waals surface area contributed by atoms with E-state index in [1.807, 2.05) is 49.4 Å². The van der Waals surface area contributed by atoms with Crippen LogP contribution in [-0.2, 0) is 16.0 Å². The van der Waals surface area contributed by atoms with Crippen molar-refractivity contribution in [3.05, 3.63) is 60.2 Å². The number of carbonyl (C=O) groups excluding carboxylic acids is 2. The summed E-state index contributed by atoms with van der Waals surface area (Å²) in [5.41, 5.74) is 1.99. The molecule has 27 heavy (non-hydrogen) atoms. The van der Waals surface area contributed by atoms with Crippen molar-refractivity contribution < 1.29 is 14.3 Å². The molecule has 1 fully saturated rings. The Hall–Kier alpha value is -2.82. The number of ether oxygens (including phenoxy) is 1. The van der Waals surface area contributed by atoms with Gasteiger partial charge in [-0.2, -0.15) is 0 Å². The third kappa shape index (κ3) is 5.58. The summed E-state index contributed by atoms with van der Waals surface area (Å²) in [5.74, 6) is 0.225. The summed E-state index contributed by atoms with van der Waals surface area (Å²) < 4.78 is 5.38. The van der Waals surface area contributed by atoms with E-state index in [2.05, 4.69) is 22.8 Å². The van der Waals surface area contributed by atoms with E-state index in [-0.39, 0.29) is 23.7 Å². The highest BCUT2D eigenvalue weighted by Gasteiger charge is 2.47. The molecule has 0 bridgehead atoms. The van der Waals surface area contributed by atoms with E-state index in [1.54, 1.807) is 0 Å². The molecular formula is C22H26N2O3. The monoisotopic (exact) mass is 366 g/mol. The van der Waals surface area contributed by atoms with E-state index in [0.29, 0.717) is 19.6 Å². The topological polar surface area (TPSA) is 67.4 Å². The first-order chi connectivity index (χ1) is 13.2. The van der Waals surface area contributed by atoms with Gasteiger partial charge in [0.25, 0.3) is 0 Å². The van der Waals surface area contributed by atoms with Gasteiger partial charge in [0, 0.05) is 12.2 Å². The van der Waals surface area contributed by atoms with Crippen LogP contribution in [0.4, 0.5) is 5.69 Å². The fourth-order valence-corrected chi connectivity index (χ4v) is 3.09. The second-order valence-electron chi connectivity index (χ2n) is 6.78. The second kappa shape index (κ2) is 9.21. The van der Waals surface area contributed by atoms with Gasteiger partial charge < -0.3 is 15.4 Å². The van der Waals surface area contributed by atoms with Gasteiger partial charge in [-0.05, 0) is 56.0 Å². The van der Waals surface area contributed by atoms with Crippen molar-refractivity contribution in [1.29, 1.82) is 0 Å². The molecule has 1 saturated carbocycles. The van der Waals surface area contributed by atoms with Gasteiger partial charge in [-0.25, -0.2) is 0 Å². The van der Waals surface area contributed by atoms with Crippen molar-refractivity contribution >= 4 is 17.5 Å². The van der Waals surface area contributed by atoms with Crippen LogP contribution >= 0.6 is 0 Å². The largest absolute Gasteiger partial charge is 0.494 e. The van der Waals surface area contributed by atoms with Gasteiger partial charge in [0.2, 0.25) is 11.8 Å². The molecule has 1 aliphatic carbocycles. The van der Waals surface area contributed by atoms with Crippen molar-refractivity contribution in [2.75, 3.05) is 18.5 Å². The Morgan fingerprint density at radius 2 is 1.70 bits per heavy atom. The summed E-state index contributed by atoms with van der Waals surface area (Å²) in [7, 11) is 0. The smallest absolute Gasteiger partial charge is 0.228 e. The van der Waals surface area contributed by atoms with Crippen LogP contribution in [0.1, 0.15) is 25.3 Å². The Bertz CT molecular complexity index is 759. The molecule has 5 nitrogen and oxygen atoms in total. The van der Waals surface area contributed by atoms with E-state index in [4.69, 9.17) is 4.74 Å². The van der Waals surface area contributed by atoms with Crippen LogP contribution in [0.15, 0.2) is 54.6 Å². The van der Waals surface area contributed by atoms with Crippen molar-refractivity contribution in [3.63, 3.8) is 0 Å². The Morgan fingerprint density at radius 1 is 1.00 bits per heavy atom. The SMILES string of the molecule is CCOc1ccc(NC(=O)C2CC2C(=O)NCCCc2ccccc2)cc1. The molecule has 0 spiro atoms. The number of anilines is 1. The van der Waals surface area contributed by atoms with Crippen LogP contribution in [0.5, 0.6) is 5.75 Å². The number of rotatable bonds is 9. The van der Waals surface area contributed by atoms with Crippen LogP contribution < -0.4 is 15.4 Å². The molecular weight excluding hydrogens is 340 g/mol. The lowest BCUT2D eigenvalue weighted by atomic mass is 10.1. The van der Waals surface area contributed by atoms with E-state index < -0.39 is 0 Å². The van der Waals surface area contributed by atoms with Crippen LogP contribution in [0.2, 0.25) is 0 Å². The van der Waals surface area contributed by atoms with E-state index in [9.17, 15) is 9.59 Å². The highest BCUT2D eigenvalue weighted by atomic mass is 16.5. The quantitative estimate of drug-likeness (QED) is 0.668. The first kappa shape index (κ1) is 19.0. The lowest BCUT2D eigenvalue weighted by Gasteiger charge is -2.07. The summed E-state index contributed by atoms with van der Waals surface area (Å²) in [4.78, 5) is 24.5. The zero-order valence-electron chi connectivity index (χ0n) is 15.6. The van der Waals surface area contributed by atoms with Crippen LogP contribution in [0.25, 0.3) is 0 Å². The second-order valence-corrected chi connectivity index (χ2v) is 6.78. The molecule has 1 aliphatic rings. The zero-order valence-corrected chi connectivity index (χ0v) is 15.6. The van der Waals surface area contributed by atoms with Gasteiger partial charge in [-0.15, -0.1) is 0 Å². The fourth-order valence-electron chi connectivity index (χ4n) is 3.09. The summed E-state index contributed by atoms with van der Waals surface area (Å²) in [6.07, 6.45) is 2.45. The summed E-state index contributed by atoms with van der Waals surface area (Å²) >= 11 is 0. The highest BCUT2D eigenvalue weighted by molar-refractivity contribution is 5.99. The fraction of sp³-hybridized carbons (Fsp3) is 0.364. The molecule has 2 unspecified atom stereocenters. The Morgan fingerprint density at radius 3 is 2.41 bits per heavy atom. The van der Waals surface area contributed by atoms with E-state index >= 15 is 0 Å². The van der Waals surface area contributed by atoms with Crippen molar-refractivity contribution in [2.24, 2.45) is 11.8 Å². The maximum absolute atomic E-state index is 12.3. The third-order valence-electron chi connectivity index (χ3n) is 4.68. The van der Waals surface area contributed by atoms with Gasteiger partial charge in [0.05, 0.1) is 18.4 Å². The Labute approximate surface area is 160 Å². The maximum Gasteiger partial charge on any atom is 0.228 e. The zero-order chi connectivity index (χ0) is 19.1. The number of carbonyl (C=O) groups is 2. The van der Waals surface area contributed by atoms with Crippen LogP contribution in [0, 0.1) is 11.8 Å². The summed E-state index contributed by atoms with van der Waals surface area (Å²) in [6.45, 7) is 3.17. The lowest BCUT2D eigenvalue weighted by Crippen LogP contribution is -2.28. The van der Waals surface area contributed by atoms with Gasteiger partial charge in [-0.1, -0.05) is 30.3 Å². The highest BCUT2D eigenvalue weighted by Crippen LogP contribution is 2.39. The molecule has 2 aromatic carbocycles. The number of nitrogens with one attached hydrogen (secondary N) is 2. The van der Waals surface area contributed by atoms with Gasteiger partial charge in [0.15, 0.2) is 0 Å². The molecule has 2 aromatic rings. The predicted octanol–water partition coefficient (Wildman–Crippen LogP) is 3.41. The molecule has 0 saturated heterocycles. The standard InChI is InChI=1S/C22H26N2O3/c1-2-27-18-12-10-17(11-13-18)24-22(26)20-15-19(20)21(25)23-14-6-9-16-7-4-3-5-8-16/h3-5,7-8,10-13,19-20H,2,6,9,14-15H2,1H3,(H,23,25)(H,24,26). The average Bonchev–Trinajstić information content (AvgIpc) is 3.49. The minimum absolute atomic E-state index is 0.0186. The van der Waals surface area contributed by atoms with Crippen LogP contribution in [0.3, 0.4) is 0 Å². The molecule has 3 rings (SSSR count). The minimum atomic E-state index is -0.231. The molecule has 2 atom stereocenters. The van der Waals surface area contributed by atoms with Crippen molar-refractivity contribution in [3.8, 4) is 5.75 Å². The number of benzene rings is 2. The minimum Gasteiger partial charge on any atom is -0.494 e. The Balaban J connectivity index is 1.36. The van der Waals surface area contributed by atoms with E-state index in [0.717, 1.165) is 24.3 Å². The van der Waals surface area contributed by atoms with Crippen molar-refractivity contribution in [2.45, 2.75) is 26.2 Å². The number of hydrogen-bond acceptors (Lipinski definition) is 3. The Kier molecular flexibility index (Phi) is 6.47. The van der Waals surface area contributed by atoms with Gasteiger partial charge in [-0.3, -0.25) is 9.59 Å². The molecule has 0 heterocycles. The third-order valence-corrected chi connectivity index (χ3v) is 4.68. The number of hydrogen-bond donors (Lipinski definition) is 2. The summed E-state index contributed by atoms with van der Waals surface area (Å²) in [5, 5.41) is 5.82. The predicted molar refractivity (Wildman–Crippen MR) is 106 cm³/mol. The van der Waals surface area contributed by atoms with Crippen LogP contribution in [-0.4, -0.2) is 25.0 Å². The molecule has 0 aromatic heterocycles. The number of aryl methyl sites for hydroxylation is 1. The first-order valence-electron chi connectivity index (χ1n) is 9.52. The molecule has 142 valence electrons. The molecule has 0 radical (unpaired) electrons. The summed E-state index contributed by atoms with van der Waals surface area (Å²) in [6, 6.07) is 17.5. The first-order valence-corrected chi connectivity index (χ1v) is 9.52. The van der Waals surface area contributed by atoms with Gasteiger partial charge in [0.1, 0.15) is 5.75 Å². The normalized spacial score (nSPS) is 17.8. The van der Waals surface area contributed by atoms with E-state index in [1.165, 1.54) is 5.56 Å². The maximum atomic E-state index is 12.3. The molecule has 5 heteroatoms. The average molecular weight is 366 g/mol. The van der Waals surface area contributed by atoms with Gasteiger partial charge >= 0.3 is 0 Å². The number of amides is 2. The molecule has 2 amide bonds. The molecule has 2 N–H and O–H groups in total. The van der Waals surface area contributed by atoms with Crippen molar-refractivity contribution in [1.82, 2.24) is 5.32 Å². The lowest BCUT2D eigenvalue weighted by molar-refractivity contribution is -0.125.